The van der Waals surface area contributed by atoms with Gasteiger partial charge in [-0.15, -0.1) is 0 Å². The van der Waals surface area contributed by atoms with Gasteiger partial charge in [0.15, 0.2) is 16.6 Å². The predicted molar refractivity (Wildman–Crippen MR) is 148 cm³/mol. The number of unbranched alkanes of at least 4 members (excludes halogenated alkanes) is 14. The Bertz CT molecular complexity index is 440. The Morgan fingerprint density at radius 1 is 0.576 bits per heavy atom. The van der Waals surface area contributed by atoms with Gasteiger partial charge in [0.05, 0.1) is 13.2 Å². The summed E-state index contributed by atoms with van der Waals surface area (Å²) in [6.07, 6.45) is 20.2. The third-order valence-corrected chi connectivity index (χ3v) is 7.75. The monoisotopic (exact) mass is 502 g/mol. The maximum Gasteiger partial charge on any atom is 0.306 e. The molecule has 6 heteroatoms. The zero-order valence-electron chi connectivity index (χ0n) is 23.4. The van der Waals surface area contributed by atoms with Crippen LogP contribution in [0.25, 0.3) is 0 Å². The maximum absolute atomic E-state index is 12.3. The molecule has 198 valence electrons. The zero-order valence-corrected chi connectivity index (χ0v) is 25.4. The molecule has 0 heterocycles. The summed E-state index contributed by atoms with van der Waals surface area (Å²) >= 11 is 0. The third kappa shape index (κ3) is 26.3. The fraction of sp³-hybridized carbons (Fsp3) is 0.963. The second kappa shape index (κ2) is 20.1. The van der Waals surface area contributed by atoms with Gasteiger partial charge in [0, 0.05) is 6.42 Å². The van der Waals surface area contributed by atoms with E-state index in [1.807, 2.05) is 0 Å². The number of hydrogen-bond donors (Lipinski definition) is 0. The Labute approximate surface area is 209 Å². The van der Waals surface area contributed by atoms with Crippen molar-refractivity contribution in [2.45, 2.75) is 155 Å². The van der Waals surface area contributed by atoms with Crippen molar-refractivity contribution in [1.82, 2.24) is 0 Å². The molecule has 0 aromatic rings. The van der Waals surface area contributed by atoms with Crippen molar-refractivity contribution in [3.05, 3.63) is 0 Å². The standard InChI is InChI=1S/C27H58O4Si2/c1-8-9-10-11-12-13-14-15-16-17-18-19-20-21-22-23-27(28)31-26(24-29-32(2,3)4)25-30-33(5,6)7/h26H,8-25H2,1-7H3. The molecule has 0 atom stereocenters. The van der Waals surface area contributed by atoms with Crippen molar-refractivity contribution in [3.63, 3.8) is 0 Å². The van der Waals surface area contributed by atoms with E-state index in [4.69, 9.17) is 13.6 Å². The molecule has 0 rings (SSSR count). The third-order valence-electron chi connectivity index (χ3n) is 5.69. The number of ether oxygens (including phenoxy) is 1. The fourth-order valence-electron chi connectivity index (χ4n) is 3.69. The van der Waals surface area contributed by atoms with Crippen LogP contribution in [0.4, 0.5) is 0 Å². The SMILES string of the molecule is CCCCCCCCCCCCCCCCCC(=O)OC(CO[Si](C)(C)C)CO[Si](C)(C)C. The molecule has 0 radical (unpaired) electrons. The average Bonchev–Trinajstić information content (AvgIpc) is 2.71. The van der Waals surface area contributed by atoms with Crippen LogP contribution in [0.5, 0.6) is 0 Å². The van der Waals surface area contributed by atoms with E-state index in [-0.39, 0.29) is 12.1 Å². The van der Waals surface area contributed by atoms with E-state index in [9.17, 15) is 4.79 Å². The molecule has 0 aromatic carbocycles. The lowest BCUT2D eigenvalue weighted by Gasteiger charge is -2.26. The van der Waals surface area contributed by atoms with Crippen LogP contribution in [-0.2, 0) is 18.4 Å². The normalized spacial score (nSPS) is 12.5. The molecule has 0 aliphatic heterocycles. The summed E-state index contributed by atoms with van der Waals surface area (Å²) in [6.45, 7) is 16.1. The van der Waals surface area contributed by atoms with Crippen molar-refractivity contribution >= 4 is 22.6 Å². The van der Waals surface area contributed by atoms with Gasteiger partial charge in [-0.2, -0.15) is 0 Å². The highest BCUT2D eigenvalue weighted by molar-refractivity contribution is 6.70. The zero-order chi connectivity index (χ0) is 25.0. The number of carbonyl (C=O) groups is 1. The molecule has 0 fully saturated rings. The summed E-state index contributed by atoms with van der Waals surface area (Å²) in [5.74, 6) is -0.104. The molecular weight excluding hydrogens is 444 g/mol. The summed E-state index contributed by atoms with van der Waals surface area (Å²) < 4.78 is 17.7. The fourth-order valence-corrected chi connectivity index (χ4v) is 5.06. The molecule has 0 bridgehead atoms. The molecule has 0 saturated carbocycles. The second-order valence-corrected chi connectivity index (χ2v) is 20.7. The van der Waals surface area contributed by atoms with Gasteiger partial charge in [0.1, 0.15) is 6.10 Å². The van der Waals surface area contributed by atoms with Crippen LogP contribution in [0.1, 0.15) is 110 Å². The molecule has 4 nitrogen and oxygen atoms in total. The summed E-state index contributed by atoms with van der Waals surface area (Å²) in [5, 5.41) is 0. The molecule has 0 unspecified atom stereocenters. The molecular formula is C27H58O4Si2. The molecule has 0 saturated heterocycles. The Balaban J connectivity index is 3.74. The van der Waals surface area contributed by atoms with Crippen LogP contribution in [0.15, 0.2) is 0 Å². The minimum absolute atomic E-state index is 0.104. The first kappa shape index (κ1) is 32.8. The highest BCUT2D eigenvalue weighted by Crippen LogP contribution is 2.15. The lowest BCUT2D eigenvalue weighted by atomic mass is 10.0. The average molecular weight is 503 g/mol. The first-order valence-electron chi connectivity index (χ1n) is 14.0. The summed E-state index contributed by atoms with van der Waals surface area (Å²) in [5.41, 5.74) is 0. The molecule has 0 aromatic heterocycles. The molecule has 0 spiro atoms. The number of esters is 1. The molecule has 0 N–H and O–H groups in total. The first-order valence-corrected chi connectivity index (χ1v) is 20.8. The van der Waals surface area contributed by atoms with Gasteiger partial charge >= 0.3 is 5.97 Å². The van der Waals surface area contributed by atoms with Crippen molar-refractivity contribution in [2.24, 2.45) is 0 Å². The van der Waals surface area contributed by atoms with Gasteiger partial charge in [0.2, 0.25) is 0 Å². The van der Waals surface area contributed by atoms with Gasteiger partial charge in [-0.1, -0.05) is 96.8 Å². The van der Waals surface area contributed by atoms with Crippen molar-refractivity contribution < 1.29 is 18.4 Å². The van der Waals surface area contributed by atoms with Gasteiger partial charge in [-0.3, -0.25) is 4.79 Å². The number of rotatable bonds is 23. The van der Waals surface area contributed by atoms with E-state index in [0.29, 0.717) is 19.6 Å². The van der Waals surface area contributed by atoms with Gasteiger partial charge in [0.25, 0.3) is 0 Å². The summed E-state index contributed by atoms with van der Waals surface area (Å²) in [7, 11) is -3.29. The van der Waals surface area contributed by atoms with E-state index in [0.717, 1.165) is 12.8 Å². The number of hydrogen-bond acceptors (Lipinski definition) is 4. The second-order valence-electron chi connectivity index (χ2n) is 11.7. The molecule has 33 heavy (non-hydrogen) atoms. The van der Waals surface area contributed by atoms with Crippen LogP contribution in [0, 0.1) is 0 Å². The van der Waals surface area contributed by atoms with Crippen LogP contribution in [-0.4, -0.2) is 41.9 Å². The maximum atomic E-state index is 12.3. The van der Waals surface area contributed by atoms with E-state index >= 15 is 0 Å². The minimum atomic E-state index is -1.65. The van der Waals surface area contributed by atoms with Gasteiger partial charge < -0.3 is 13.6 Å². The van der Waals surface area contributed by atoms with E-state index in [1.54, 1.807) is 0 Å². The minimum Gasteiger partial charge on any atom is -0.458 e. The first-order chi connectivity index (χ1) is 15.5. The van der Waals surface area contributed by atoms with E-state index in [2.05, 4.69) is 46.2 Å². The highest BCUT2D eigenvalue weighted by Gasteiger charge is 2.23. The molecule has 0 aliphatic carbocycles. The summed E-state index contributed by atoms with van der Waals surface area (Å²) in [4.78, 5) is 12.3. The highest BCUT2D eigenvalue weighted by atomic mass is 28.4. The molecule has 0 aliphatic rings. The Morgan fingerprint density at radius 2 is 0.909 bits per heavy atom. The van der Waals surface area contributed by atoms with Crippen molar-refractivity contribution in [2.75, 3.05) is 13.2 Å². The molecule has 0 amide bonds. The van der Waals surface area contributed by atoms with Crippen LogP contribution < -0.4 is 0 Å². The van der Waals surface area contributed by atoms with Crippen LogP contribution in [0.2, 0.25) is 39.3 Å². The van der Waals surface area contributed by atoms with Crippen LogP contribution in [0.3, 0.4) is 0 Å². The van der Waals surface area contributed by atoms with E-state index in [1.165, 1.54) is 83.5 Å². The quantitative estimate of drug-likeness (QED) is 0.0795. The Morgan fingerprint density at radius 3 is 1.24 bits per heavy atom. The van der Waals surface area contributed by atoms with Crippen molar-refractivity contribution in [3.8, 4) is 0 Å². The lowest BCUT2D eigenvalue weighted by Crippen LogP contribution is -2.38. The number of carbonyl (C=O) groups excluding carboxylic acids is 1. The smallest absolute Gasteiger partial charge is 0.306 e. The topological polar surface area (TPSA) is 44.8 Å². The van der Waals surface area contributed by atoms with Crippen LogP contribution >= 0.6 is 0 Å². The predicted octanol–water partition coefficient (Wildman–Crippen LogP) is 8.86. The Hall–Kier alpha value is -0.176. The summed E-state index contributed by atoms with van der Waals surface area (Å²) in [6, 6.07) is 0. The van der Waals surface area contributed by atoms with Gasteiger partial charge in [-0.25, -0.2) is 0 Å². The van der Waals surface area contributed by atoms with Crippen molar-refractivity contribution in [1.29, 1.82) is 0 Å². The van der Waals surface area contributed by atoms with E-state index < -0.39 is 16.6 Å². The van der Waals surface area contributed by atoms with Gasteiger partial charge in [-0.05, 0) is 45.7 Å². The largest absolute Gasteiger partial charge is 0.458 e. The lowest BCUT2D eigenvalue weighted by molar-refractivity contribution is -0.152. The Kier molecular flexibility index (Phi) is 20.0.